The van der Waals surface area contributed by atoms with Gasteiger partial charge in [0.2, 0.25) is 0 Å². The summed E-state index contributed by atoms with van der Waals surface area (Å²) < 4.78 is 0. The summed E-state index contributed by atoms with van der Waals surface area (Å²) in [5.74, 6) is -0.130. The highest BCUT2D eigenvalue weighted by Gasteiger charge is 2.17. The molecule has 0 aliphatic heterocycles. The number of hydrogen-bond donors (Lipinski definition) is 3. The summed E-state index contributed by atoms with van der Waals surface area (Å²) in [4.78, 5) is 12.4. The van der Waals surface area contributed by atoms with Crippen molar-refractivity contribution in [2.24, 2.45) is 0 Å². The number of rotatable bonds is 3. The van der Waals surface area contributed by atoms with Crippen LogP contribution in [0.5, 0.6) is 11.5 Å². The summed E-state index contributed by atoms with van der Waals surface area (Å²) >= 11 is 0. The van der Waals surface area contributed by atoms with Gasteiger partial charge in [-0.05, 0) is 78.8 Å². The number of benzene rings is 2. The zero-order chi connectivity index (χ0) is 17.8. The van der Waals surface area contributed by atoms with E-state index >= 15 is 0 Å². The third kappa shape index (κ3) is 3.64. The van der Waals surface area contributed by atoms with E-state index in [0.717, 1.165) is 42.4 Å². The number of nitrogens with zero attached hydrogens (tertiary/aromatic N) is 1. The lowest BCUT2D eigenvalue weighted by atomic mass is 9.87. The lowest BCUT2D eigenvalue weighted by Gasteiger charge is -2.19. The van der Waals surface area contributed by atoms with E-state index in [4.69, 9.17) is 0 Å². The minimum Gasteiger partial charge on any atom is -0.508 e. The van der Waals surface area contributed by atoms with Crippen molar-refractivity contribution in [2.75, 3.05) is 5.32 Å². The molecule has 0 saturated heterocycles. The molecule has 1 aliphatic carbocycles. The number of fused-ring (bicyclic) bond motifs is 1. The molecule has 3 N–H and O–H groups in total. The molecule has 25 heavy (non-hydrogen) atoms. The Labute approximate surface area is 145 Å². The molecule has 1 aliphatic rings. The predicted molar refractivity (Wildman–Crippen MR) is 95.1 cm³/mol. The summed E-state index contributed by atoms with van der Waals surface area (Å²) in [7, 11) is 0. The zero-order valence-electron chi connectivity index (χ0n) is 13.6. The second-order valence-electron chi connectivity index (χ2n) is 6.01. The molecule has 2 aromatic carbocycles. The number of carbonyl (C=O) groups is 1. The monoisotopic (exact) mass is 334 g/mol. The quantitative estimate of drug-likeness (QED) is 0.455. The van der Waals surface area contributed by atoms with Gasteiger partial charge in [-0.2, -0.15) is 5.26 Å². The van der Waals surface area contributed by atoms with Gasteiger partial charge in [-0.3, -0.25) is 4.79 Å². The van der Waals surface area contributed by atoms with E-state index in [9.17, 15) is 20.3 Å². The van der Waals surface area contributed by atoms with Crippen molar-refractivity contribution in [2.45, 2.75) is 25.7 Å². The van der Waals surface area contributed by atoms with Crippen LogP contribution < -0.4 is 5.32 Å². The summed E-state index contributed by atoms with van der Waals surface area (Å²) in [5, 5.41) is 31.3. The fourth-order valence-corrected chi connectivity index (χ4v) is 3.06. The molecule has 0 atom stereocenters. The Morgan fingerprint density at radius 1 is 1.04 bits per heavy atom. The van der Waals surface area contributed by atoms with E-state index in [2.05, 4.69) is 5.32 Å². The topological polar surface area (TPSA) is 93.3 Å². The van der Waals surface area contributed by atoms with Gasteiger partial charge >= 0.3 is 0 Å². The van der Waals surface area contributed by atoms with Gasteiger partial charge in [0.25, 0.3) is 5.91 Å². The van der Waals surface area contributed by atoms with Crippen molar-refractivity contribution in [1.29, 1.82) is 5.26 Å². The highest BCUT2D eigenvalue weighted by molar-refractivity contribution is 6.09. The molecule has 5 heteroatoms. The minimum atomic E-state index is -0.508. The first-order valence-electron chi connectivity index (χ1n) is 8.14. The van der Waals surface area contributed by atoms with Crippen LogP contribution in [0.25, 0.3) is 6.08 Å². The van der Waals surface area contributed by atoms with Gasteiger partial charge in [0.1, 0.15) is 23.1 Å². The molecule has 0 radical (unpaired) electrons. The fourth-order valence-electron chi connectivity index (χ4n) is 3.06. The Bertz CT molecular complexity index is 877. The lowest BCUT2D eigenvalue weighted by Crippen LogP contribution is -2.13. The Hall–Kier alpha value is -3.26. The molecule has 126 valence electrons. The number of aromatic hydroxyl groups is 2. The number of amides is 1. The Kier molecular flexibility index (Phi) is 4.71. The normalized spacial score (nSPS) is 13.6. The minimum absolute atomic E-state index is 0.00783. The van der Waals surface area contributed by atoms with Crippen molar-refractivity contribution in [3.8, 4) is 17.6 Å². The smallest absolute Gasteiger partial charge is 0.266 e. The number of nitrogens with one attached hydrogen (secondary N) is 1. The lowest BCUT2D eigenvalue weighted by molar-refractivity contribution is -0.112. The van der Waals surface area contributed by atoms with Crippen molar-refractivity contribution in [1.82, 2.24) is 0 Å². The first-order valence-corrected chi connectivity index (χ1v) is 8.14. The van der Waals surface area contributed by atoms with Crippen molar-refractivity contribution >= 4 is 17.7 Å². The van der Waals surface area contributed by atoms with E-state index in [-0.39, 0.29) is 17.1 Å². The fraction of sp³-hybridized carbons (Fsp3) is 0.200. The van der Waals surface area contributed by atoms with Crippen molar-refractivity contribution in [3.63, 3.8) is 0 Å². The molecular weight excluding hydrogens is 316 g/mol. The van der Waals surface area contributed by atoms with E-state index in [1.165, 1.54) is 12.1 Å². The predicted octanol–water partition coefficient (Wildman–Crippen LogP) is 3.52. The number of nitriles is 1. The first-order chi connectivity index (χ1) is 12.1. The van der Waals surface area contributed by atoms with Gasteiger partial charge in [-0.25, -0.2) is 0 Å². The standard InChI is InChI=1S/C20H18N2O3/c21-12-14(20(25)22-15-6-8-16(23)9-7-15)11-13-5-10-19(24)18-4-2-1-3-17(13)18/h5-11,23-24H,1-4H2,(H,22,25). The Balaban J connectivity index is 1.89. The summed E-state index contributed by atoms with van der Waals surface area (Å²) in [6.07, 6.45) is 5.26. The molecule has 5 nitrogen and oxygen atoms in total. The van der Waals surface area contributed by atoms with Gasteiger partial charge < -0.3 is 15.5 Å². The van der Waals surface area contributed by atoms with E-state index in [0.29, 0.717) is 5.69 Å². The molecule has 2 aromatic rings. The van der Waals surface area contributed by atoms with Crippen LogP contribution >= 0.6 is 0 Å². The maximum atomic E-state index is 12.4. The molecule has 0 saturated carbocycles. The van der Waals surface area contributed by atoms with Gasteiger partial charge in [0.05, 0.1) is 0 Å². The number of phenolic OH excluding ortho intramolecular Hbond substituents is 2. The van der Waals surface area contributed by atoms with Gasteiger partial charge in [0.15, 0.2) is 0 Å². The second-order valence-corrected chi connectivity index (χ2v) is 6.01. The maximum Gasteiger partial charge on any atom is 0.266 e. The largest absolute Gasteiger partial charge is 0.508 e. The molecule has 0 spiro atoms. The van der Waals surface area contributed by atoms with Crippen LogP contribution in [0.1, 0.15) is 29.5 Å². The average molecular weight is 334 g/mol. The average Bonchev–Trinajstić information content (AvgIpc) is 2.63. The summed E-state index contributed by atoms with van der Waals surface area (Å²) in [6, 6.07) is 11.3. The number of hydrogen-bond acceptors (Lipinski definition) is 4. The van der Waals surface area contributed by atoms with Crippen LogP contribution in [0, 0.1) is 11.3 Å². The first kappa shape index (κ1) is 16.6. The van der Waals surface area contributed by atoms with Crippen LogP contribution in [0.15, 0.2) is 42.0 Å². The van der Waals surface area contributed by atoms with Crippen LogP contribution in [0.3, 0.4) is 0 Å². The van der Waals surface area contributed by atoms with Gasteiger partial charge in [-0.1, -0.05) is 6.07 Å². The van der Waals surface area contributed by atoms with Crippen LogP contribution in [0.2, 0.25) is 0 Å². The number of phenols is 2. The number of anilines is 1. The molecule has 0 fully saturated rings. The molecule has 0 unspecified atom stereocenters. The third-order valence-electron chi connectivity index (χ3n) is 4.34. The second kappa shape index (κ2) is 7.10. The highest BCUT2D eigenvalue weighted by Crippen LogP contribution is 2.32. The number of carbonyl (C=O) groups excluding carboxylic acids is 1. The van der Waals surface area contributed by atoms with Crippen LogP contribution in [-0.4, -0.2) is 16.1 Å². The van der Waals surface area contributed by atoms with Gasteiger partial charge in [-0.15, -0.1) is 0 Å². The SMILES string of the molecule is N#CC(=Cc1ccc(O)c2c1CCCC2)C(=O)Nc1ccc(O)cc1. The van der Waals surface area contributed by atoms with E-state index < -0.39 is 5.91 Å². The Morgan fingerprint density at radius 2 is 1.72 bits per heavy atom. The Morgan fingerprint density at radius 3 is 2.40 bits per heavy atom. The van der Waals surface area contributed by atoms with Crippen molar-refractivity contribution in [3.05, 3.63) is 58.7 Å². The van der Waals surface area contributed by atoms with E-state index in [1.54, 1.807) is 30.3 Å². The molecule has 0 bridgehead atoms. The third-order valence-corrected chi connectivity index (χ3v) is 4.34. The van der Waals surface area contributed by atoms with Crippen molar-refractivity contribution < 1.29 is 15.0 Å². The molecule has 0 heterocycles. The molecular formula is C20H18N2O3. The van der Waals surface area contributed by atoms with Crippen LogP contribution in [0.4, 0.5) is 5.69 Å². The molecule has 1 amide bonds. The zero-order valence-corrected chi connectivity index (χ0v) is 13.6. The maximum absolute atomic E-state index is 12.4. The molecule has 0 aromatic heterocycles. The van der Waals surface area contributed by atoms with Crippen LogP contribution in [-0.2, 0) is 17.6 Å². The van der Waals surface area contributed by atoms with E-state index in [1.807, 2.05) is 6.07 Å². The highest BCUT2D eigenvalue weighted by atomic mass is 16.3. The summed E-state index contributed by atoms with van der Waals surface area (Å²) in [6.45, 7) is 0. The van der Waals surface area contributed by atoms with Gasteiger partial charge in [0, 0.05) is 5.69 Å². The molecule has 3 rings (SSSR count). The summed E-state index contributed by atoms with van der Waals surface area (Å²) in [5.41, 5.74) is 3.21.